The van der Waals surface area contributed by atoms with Crippen molar-refractivity contribution in [1.29, 1.82) is 0 Å². The minimum atomic E-state index is -2.93. The number of rotatable bonds is 6. The standard InChI is InChI=1S/C23H22F4N6O3/c24-14-6-16(25)20-17(7-14)33(11-19(34)31-4-2-15(10-31)36-23(26)27)30-21(20)13-8-32(9-13)22(35)12-1-3-29-18(28)5-12/h1,3,5-7,13,15,23H,2,4,8-11H2,(H2,28,29)/t15-/m0/s1. The van der Waals surface area contributed by atoms with Gasteiger partial charge in [0.25, 0.3) is 5.91 Å². The maximum Gasteiger partial charge on any atom is 0.345 e. The SMILES string of the molecule is Nc1cc(C(=O)N2CC(c3nn(CC(=O)N4CC[C@H](OC(F)F)C4)c4cc(F)cc(F)c34)C2)ccn1. The average Bonchev–Trinajstić information content (AvgIpc) is 3.37. The maximum absolute atomic E-state index is 14.8. The third-order valence-electron chi connectivity index (χ3n) is 6.46. The number of fused-ring (bicyclic) bond motifs is 1. The average molecular weight is 506 g/mol. The highest BCUT2D eigenvalue weighted by atomic mass is 19.3. The fourth-order valence-corrected chi connectivity index (χ4v) is 4.68. The second-order valence-electron chi connectivity index (χ2n) is 8.85. The van der Waals surface area contributed by atoms with Gasteiger partial charge >= 0.3 is 6.61 Å². The first-order valence-corrected chi connectivity index (χ1v) is 11.3. The minimum Gasteiger partial charge on any atom is -0.384 e. The van der Waals surface area contributed by atoms with Crippen molar-refractivity contribution in [1.82, 2.24) is 24.6 Å². The number of hydrogen-bond acceptors (Lipinski definition) is 6. The van der Waals surface area contributed by atoms with Crippen LogP contribution >= 0.6 is 0 Å². The summed E-state index contributed by atoms with van der Waals surface area (Å²) in [6, 6.07) is 4.84. The first-order chi connectivity index (χ1) is 17.2. The lowest BCUT2D eigenvalue weighted by Crippen LogP contribution is -2.48. The molecule has 2 aromatic heterocycles. The molecule has 190 valence electrons. The molecule has 0 radical (unpaired) electrons. The van der Waals surface area contributed by atoms with Crippen molar-refractivity contribution < 1.29 is 31.9 Å². The van der Waals surface area contributed by atoms with E-state index in [-0.39, 0.29) is 67.7 Å². The zero-order valence-corrected chi connectivity index (χ0v) is 18.9. The summed E-state index contributed by atoms with van der Waals surface area (Å²) in [5, 5.41) is 4.49. The maximum atomic E-state index is 14.8. The van der Waals surface area contributed by atoms with Gasteiger partial charge in [0.05, 0.1) is 22.7 Å². The van der Waals surface area contributed by atoms with Gasteiger partial charge in [-0.15, -0.1) is 0 Å². The molecule has 2 aliphatic rings. The Balaban J connectivity index is 1.35. The van der Waals surface area contributed by atoms with Gasteiger partial charge in [0.1, 0.15) is 24.0 Å². The Hall–Kier alpha value is -3.74. The number of carbonyl (C=O) groups is 2. The van der Waals surface area contributed by atoms with Crippen molar-refractivity contribution in [2.45, 2.75) is 31.6 Å². The number of nitrogen functional groups attached to an aromatic ring is 1. The number of halogens is 4. The van der Waals surface area contributed by atoms with Crippen molar-refractivity contribution in [2.24, 2.45) is 0 Å². The summed E-state index contributed by atoms with van der Waals surface area (Å²) in [4.78, 5) is 32.3. The Morgan fingerprint density at radius 3 is 2.64 bits per heavy atom. The largest absolute Gasteiger partial charge is 0.384 e. The van der Waals surface area contributed by atoms with Crippen LogP contribution in [0.25, 0.3) is 10.9 Å². The van der Waals surface area contributed by atoms with E-state index in [4.69, 9.17) is 5.73 Å². The molecule has 9 nitrogen and oxygen atoms in total. The molecular formula is C23H22F4N6O3. The summed E-state index contributed by atoms with van der Waals surface area (Å²) < 4.78 is 59.5. The van der Waals surface area contributed by atoms with Crippen LogP contribution in [0.15, 0.2) is 30.5 Å². The first-order valence-electron chi connectivity index (χ1n) is 11.3. The van der Waals surface area contributed by atoms with Crippen LogP contribution in [0.4, 0.5) is 23.4 Å². The number of anilines is 1. The van der Waals surface area contributed by atoms with Gasteiger partial charge in [-0.1, -0.05) is 0 Å². The smallest absolute Gasteiger partial charge is 0.345 e. The van der Waals surface area contributed by atoms with E-state index in [0.717, 1.165) is 12.1 Å². The zero-order chi connectivity index (χ0) is 25.6. The number of benzene rings is 1. The summed E-state index contributed by atoms with van der Waals surface area (Å²) >= 11 is 0. The van der Waals surface area contributed by atoms with Crippen molar-refractivity contribution >= 4 is 28.5 Å². The Morgan fingerprint density at radius 1 is 1.14 bits per heavy atom. The van der Waals surface area contributed by atoms with Crippen LogP contribution in [0.2, 0.25) is 0 Å². The highest BCUT2D eigenvalue weighted by Gasteiger charge is 2.37. The van der Waals surface area contributed by atoms with Gasteiger partial charge in [0, 0.05) is 56.0 Å². The quantitative estimate of drug-likeness (QED) is 0.515. The van der Waals surface area contributed by atoms with E-state index in [1.54, 1.807) is 11.0 Å². The normalized spacial score (nSPS) is 18.3. The fraction of sp³-hybridized carbons (Fsp3) is 0.391. The van der Waals surface area contributed by atoms with Crippen LogP contribution in [-0.4, -0.2) is 75.3 Å². The molecule has 2 amide bonds. The highest BCUT2D eigenvalue weighted by molar-refractivity contribution is 5.95. The Labute approximate surface area is 202 Å². The summed E-state index contributed by atoms with van der Waals surface area (Å²) in [6.07, 6.45) is 0.917. The molecule has 0 aliphatic carbocycles. The van der Waals surface area contributed by atoms with E-state index in [0.29, 0.717) is 11.3 Å². The van der Waals surface area contributed by atoms with E-state index in [2.05, 4.69) is 14.8 Å². The second kappa shape index (κ2) is 9.37. The van der Waals surface area contributed by atoms with Crippen LogP contribution < -0.4 is 5.73 Å². The Bertz CT molecular complexity index is 1330. The van der Waals surface area contributed by atoms with Gasteiger partial charge in [-0.05, 0) is 18.6 Å². The van der Waals surface area contributed by atoms with Crippen molar-refractivity contribution in [3.05, 3.63) is 53.4 Å². The summed E-state index contributed by atoms with van der Waals surface area (Å²) in [5.74, 6) is -2.47. The topological polar surface area (TPSA) is 107 Å². The molecule has 3 aromatic rings. The van der Waals surface area contributed by atoms with Crippen molar-refractivity contribution in [3.63, 3.8) is 0 Å². The lowest BCUT2D eigenvalue weighted by atomic mass is 9.93. The number of ether oxygens (including phenoxy) is 1. The van der Waals surface area contributed by atoms with Crippen molar-refractivity contribution in [2.75, 3.05) is 31.9 Å². The molecule has 2 N–H and O–H groups in total. The summed E-state index contributed by atoms with van der Waals surface area (Å²) in [5.41, 5.74) is 6.43. The van der Waals surface area contributed by atoms with E-state index in [1.165, 1.54) is 21.8 Å². The molecule has 0 spiro atoms. The molecule has 2 saturated heterocycles. The third kappa shape index (κ3) is 4.57. The number of nitrogens with zero attached hydrogens (tertiary/aromatic N) is 5. The zero-order valence-electron chi connectivity index (χ0n) is 18.9. The fourth-order valence-electron chi connectivity index (χ4n) is 4.68. The molecule has 1 atom stereocenters. The molecule has 1 aromatic carbocycles. The number of likely N-dealkylation sites (tertiary alicyclic amines) is 2. The number of alkyl halides is 2. The molecule has 36 heavy (non-hydrogen) atoms. The number of hydrogen-bond donors (Lipinski definition) is 1. The van der Waals surface area contributed by atoms with Crippen LogP contribution in [0, 0.1) is 11.6 Å². The number of nitrogens with two attached hydrogens (primary N) is 1. The number of carbonyl (C=O) groups excluding carboxylic acids is 2. The third-order valence-corrected chi connectivity index (χ3v) is 6.46. The van der Waals surface area contributed by atoms with Gasteiger partial charge < -0.3 is 20.3 Å². The van der Waals surface area contributed by atoms with Crippen molar-refractivity contribution in [3.8, 4) is 0 Å². The molecule has 0 bridgehead atoms. The molecule has 5 rings (SSSR count). The number of amides is 2. The molecule has 0 unspecified atom stereocenters. The van der Waals surface area contributed by atoms with Gasteiger partial charge in [-0.25, -0.2) is 13.8 Å². The van der Waals surface area contributed by atoms with Gasteiger partial charge in [0.15, 0.2) is 0 Å². The minimum absolute atomic E-state index is 0.00281. The van der Waals surface area contributed by atoms with E-state index < -0.39 is 30.3 Å². The lowest BCUT2D eigenvalue weighted by Gasteiger charge is -2.38. The predicted molar refractivity (Wildman–Crippen MR) is 119 cm³/mol. The van der Waals surface area contributed by atoms with E-state index in [9.17, 15) is 27.2 Å². The second-order valence-corrected chi connectivity index (χ2v) is 8.85. The number of aromatic nitrogens is 3. The van der Waals surface area contributed by atoms with E-state index in [1.807, 2.05) is 0 Å². The first kappa shape index (κ1) is 24.0. The van der Waals surface area contributed by atoms with Crippen LogP contribution in [0.5, 0.6) is 0 Å². The van der Waals surface area contributed by atoms with Crippen LogP contribution in [-0.2, 0) is 16.1 Å². The lowest BCUT2D eigenvalue weighted by molar-refractivity contribution is -0.160. The Kier molecular flexibility index (Phi) is 6.24. The molecule has 2 fully saturated rings. The van der Waals surface area contributed by atoms with Gasteiger partial charge in [-0.2, -0.15) is 13.9 Å². The van der Waals surface area contributed by atoms with Crippen LogP contribution in [0.1, 0.15) is 28.4 Å². The molecule has 13 heteroatoms. The monoisotopic (exact) mass is 506 g/mol. The summed E-state index contributed by atoms with van der Waals surface area (Å²) in [6.45, 7) is -2.54. The van der Waals surface area contributed by atoms with E-state index >= 15 is 0 Å². The van der Waals surface area contributed by atoms with Crippen LogP contribution in [0.3, 0.4) is 0 Å². The summed E-state index contributed by atoms with van der Waals surface area (Å²) in [7, 11) is 0. The predicted octanol–water partition coefficient (Wildman–Crippen LogP) is 2.37. The Morgan fingerprint density at radius 2 is 1.92 bits per heavy atom. The van der Waals surface area contributed by atoms with Gasteiger partial charge in [-0.3, -0.25) is 14.3 Å². The highest BCUT2D eigenvalue weighted by Crippen LogP contribution is 2.34. The molecule has 0 saturated carbocycles. The molecular weight excluding hydrogens is 484 g/mol. The molecule has 2 aliphatic heterocycles. The number of pyridine rings is 1. The molecule has 4 heterocycles. The van der Waals surface area contributed by atoms with Gasteiger partial charge in [0.2, 0.25) is 5.91 Å².